The Kier molecular flexibility index (Phi) is 1.59. The summed E-state index contributed by atoms with van der Waals surface area (Å²) < 4.78 is 1.88. The van der Waals surface area contributed by atoms with Crippen LogP contribution >= 0.6 is 0 Å². The maximum Gasteiger partial charge on any atom is 0.177 e. The van der Waals surface area contributed by atoms with Gasteiger partial charge in [0.05, 0.1) is 12.5 Å². The number of hydrogen-bond acceptors (Lipinski definition) is 3. The number of rotatable bonds is 1. The number of hydrogen-bond donors (Lipinski definition) is 0. The molecule has 0 saturated heterocycles. The molecular weight excluding hydrogens is 152 g/mol. The SMILES string of the molecule is Cn1cncc1-c1ncccn1. The van der Waals surface area contributed by atoms with Gasteiger partial charge in [0.25, 0.3) is 0 Å². The molecule has 0 aliphatic carbocycles. The molecule has 0 aliphatic rings. The Morgan fingerprint density at radius 2 is 2.00 bits per heavy atom. The summed E-state index contributed by atoms with van der Waals surface area (Å²) in [4.78, 5) is 12.2. The predicted octanol–water partition coefficient (Wildman–Crippen LogP) is 0.877. The van der Waals surface area contributed by atoms with E-state index in [2.05, 4.69) is 15.0 Å². The third kappa shape index (κ3) is 1.07. The fourth-order valence-electron chi connectivity index (χ4n) is 1.00. The molecule has 4 heteroatoms. The van der Waals surface area contributed by atoms with Crippen LogP contribution in [0.1, 0.15) is 0 Å². The minimum atomic E-state index is 0.706. The molecule has 2 heterocycles. The molecule has 0 aliphatic heterocycles. The molecule has 0 aromatic carbocycles. The van der Waals surface area contributed by atoms with E-state index in [1.165, 1.54) is 0 Å². The van der Waals surface area contributed by atoms with Crippen molar-refractivity contribution in [1.29, 1.82) is 0 Å². The van der Waals surface area contributed by atoms with Crippen molar-refractivity contribution < 1.29 is 0 Å². The molecule has 0 N–H and O–H groups in total. The van der Waals surface area contributed by atoms with E-state index in [4.69, 9.17) is 0 Å². The van der Waals surface area contributed by atoms with E-state index in [1.54, 1.807) is 31.0 Å². The molecule has 0 atom stereocenters. The Morgan fingerprint density at radius 1 is 1.25 bits per heavy atom. The molecule has 4 nitrogen and oxygen atoms in total. The average molecular weight is 160 g/mol. The third-order valence-electron chi connectivity index (χ3n) is 1.61. The Balaban J connectivity index is 2.51. The molecule has 60 valence electrons. The first-order valence-electron chi connectivity index (χ1n) is 3.61. The summed E-state index contributed by atoms with van der Waals surface area (Å²) in [6, 6.07) is 1.79. The van der Waals surface area contributed by atoms with Gasteiger partial charge in [-0.25, -0.2) is 15.0 Å². The van der Waals surface area contributed by atoms with Crippen LogP contribution in [0.4, 0.5) is 0 Å². The smallest absolute Gasteiger partial charge is 0.177 e. The van der Waals surface area contributed by atoms with Crippen LogP contribution in [0, 0.1) is 0 Å². The highest BCUT2D eigenvalue weighted by Gasteiger charge is 2.02. The van der Waals surface area contributed by atoms with Crippen molar-refractivity contribution in [3.63, 3.8) is 0 Å². The summed E-state index contributed by atoms with van der Waals surface area (Å²) in [5.41, 5.74) is 0.926. The minimum absolute atomic E-state index is 0.706. The van der Waals surface area contributed by atoms with Crippen molar-refractivity contribution in [2.75, 3.05) is 0 Å². The van der Waals surface area contributed by atoms with Gasteiger partial charge in [-0.15, -0.1) is 0 Å². The van der Waals surface area contributed by atoms with E-state index in [-0.39, 0.29) is 0 Å². The lowest BCUT2D eigenvalue weighted by Gasteiger charge is -1.97. The fraction of sp³-hybridized carbons (Fsp3) is 0.125. The van der Waals surface area contributed by atoms with E-state index in [1.807, 2.05) is 11.6 Å². The molecule has 0 bridgehead atoms. The number of aromatic nitrogens is 4. The van der Waals surface area contributed by atoms with Gasteiger partial charge in [0.1, 0.15) is 5.69 Å². The normalized spacial score (nSPS) is 10.1. The third-order valence-corrected chi connectivity index (χ3v) is 1.61. The maximum absolute atomic E-state index is 4.11. The summed E-state index contributed by atoms with van der Waals surface area (Å²) >= 11 is 0. The van der Waals surface area contributed by atoms with Crippen molar-refractivity contribution in [2.45, 2.75) is 0 Å². The topological polar surface area (TPSA) is 43.6 Å². The van der Waals surface area contributed by atoms with Gasteiger partial charge in [-0.1, -0.05) is 0 Å². The zero-order chi connectivity index (χ0) is 8.39. The largest absolute Gasteiger partial charge is 0.331 e. The van der Waals surface area contributed by atoms with Crippen LogP contribution in [0.3, 0.4) is 0 Å². The molecular formula is C8H8N4. The standard InChI is InChI=1S/C8H8N4/c1-12-6-9-5-7(12)8-10-3-2-4-11-8/h2-6H,1H3. The molecule has 2 aromatic rings. The van der Waals surface area contributed by atoms with Crippen LogP contribution < -0.4 is 0 Å². The van der Waals surface area contributed by atoms with Gasteiger partial charge in [-0.3, -0.25) is 0 Å². The second-order valence-electron chi connectivity index (χ2n) is 2.46. The zero-order valence-electron chi connectivity index (χ0n) is 6.68. The van der Waals surface area contributed by atoms with Gasteiger partial charge in [0.2, 0.25) is 0 Å². The van der Waals surface area contributed by atoms with E-state index >= 15 is 0 Å². The van der Waals surface area contributed by atoms with Crippen molar-refractivity contribution in [3.05, 3.63) is 31.0 Å². The molecule has 0 unspecified atom stereocenters. The number of nitrogens with zero attached hydrogens (tertiary/aromatic N) is 4. The van der Waals surface area contributed by atoms with Crippen LogP contribution in [0.2, 0.25) is 0 Å². The molecule has 2 aromatic heterocycles. The molecule has 2 rings (SSSR count). The van der Waals surface area contributed by atoms with Crippen molar-refractivity contribution >= 4 is 0 Å². The van der Waals surface area contributed by atoms with E-state index in [9.17, 15) is 0 Å². The van der Waals surface area contributed by atoms with Crippen molar-refractivity contribution in [2.24, 2.45) is 7.05 Å². The lowest BCUT2D eigenvalue weighted by molar-refractivity contribution is 0.908. The zero-order valence-corrected chi connectivity index (χ0v) is 6.68. The van der Waals surface area contributed by atoms with Gasteiger partial charge in [0.15, 0.2) is 5.82 Å². The molecule has 0 saturated carbocycles. The molecule has 12 heavy (non-hydrogen) atoms. The molecule has 0 fully saturated rings. The predicted molar refractivity (Wildman–Crippen MR) is 44.2 cm³/mol. The summed E-state index contributed by atoms with van der Waals surface area (Å²) in [5, 5.41) is 0. The van der Waals surface area contributed by atoms with Crippen LogP contribution in [-0.2, 0) is 7.05 Å². The molecule has 0 amide bonds. The fourth-order valence-corrected chi connectivity index (χ4v) is 1.00. The highest BCUT2D eigenvalue weighted by atomic mass is 15.0. The minimum Gasteiger partial charge on any atom is -0.331 e. The quantitative estimate of drug-likeness (QED) is 0.622. The summed E-state index contributed by atoms with van der Waals surface area (Å²) in [6.07, 6.45) is 6.91. The highest BCUT2D eigenvalue weighted by molar-refractivity contribution is 5.47. The summed E-state index contributed by atoms with van der Waals surface area (Å²) in [7, 11) is 1.92. The monoisotopic (exact) mass is 160 g/mol. The van der Waals surface area contributed by atoms with Gasteiger partial charge >= 0.3 is 0 Å². The second-order valence-corrected chi connectivity index (χ2v) is 2.46. The van der Waals surface area contributed by atoms with Crippen LogP contribution in [0.25, 0.3) is 11.5 Å². The van der Waals surface area contributed by atoms with Crippen LogP contribution in [-0.4, -0.2) is 19.5 Å². The summed E-state index contributed by atoms with van der Waals surface area (Å²) in [6.45, 7) is 0. The van der Waals surface area contributed by atoms with E-state index in [0.717, 1.165) is 5.69 Å². The first-order chi connectivity index (χ1) is 5.88. The lowest BCUT2D eigenvalue weighted by atomic mass is 10.4. The van der Waals surface area contributed by atoms with Crippen LogP contribution in [0.15, 0.2) is 31.0 Å². The van der Waals surface area contributed by atoms with Crippen molar-refractivity contribution in [1.82, 2.24) is 19.5 Å². The Morgan fingerprint density at radius 3 is 2.58 bits per heavy atom. The van der Waals surface area contributed by atoms with Gasteiger partial charge < -0.3 is 4.57 Å². The second kappa shape index (κ2) is 2.73. The Hall–Kier alpha value is -1.71. The van der Waals surface area contributed by atoms with E-state index < -0.39 is 0 Å². The van der Waals surface area contributed by atoms with Gasteiger partial charge in [-0.2, -0.15) is 0 Å². The van der Waals surface area contributed by atoms with Crippen molar-refractivity contribution in [3.8, 4) is 11.5 Å². The number of imidazole rings is 1. The lowest BCUT2D eigenvalue weighted by Crippen LogP contribution is -1.93. The number of aryl methyl sites for hydroxylation is 1. The van der Waals surface area contributed by atoms with Gasteiger partial charge in [-0.05, 0) is 6.07 Å². The van der Waals surface area contributed by atoms with Crippen LogP contribution in [0.5, 0.6) is 0 Å². The first kappa shape index (κ1) is 6.97. The molecule has 0 spiro atoms. The Labute approximate surface area is 69.9 Å². The average Bonchev–Trinajstić information content (AvgIpc) is 2.53. The highest BCUT2D eigenvalue weighted by Crippen LogP contribution is 2.10. The summed E-state index contributed by atoms with van der Waals surface area (Å²) in [5.74, 6) is 0.706. The molecule has 0 radical (unpaired) electrons. The van der Waals surface area contributed by atoms with E-state index in [0.29, 0.717) is 5.82 Å². The first-order valence-corrected chi connectivity index (χ1v) is 3.61. The maximum atomic E-state index is 4.11. The Bertz CT molecular complexity index is 366. The van der Waals surface area contributed by atoms with Gasteiger partial charge in [0, 0.05) is 19.4 Å².